The van der Waals surface area contributed by atoms with E-state index in [2.05, 4.69) is 29.0 Å². The third-order valence-corrected chi connectivity index (χ3v) is 4.19. The number of pyridine rings is 1. The molecule has 21 heavy (non-hydrogen) atoms. The molecule has 4 heteroatoms. The van der Waals surface area contributed by atoms with Crippen molar-refractivity contribution in [3.8, 4) is 0 Å². The van der Waals surface area contributed by atoms with Crippen LogP contribution in [0.25, 0.3) is 0 Å². The van der Waals surface area contributed by atoms with Gasteiger partial charge >= 0.3 is 0 Å². The number of rotatable bonds is 5. The molecule has 1 aliphatic rings. The molecule has 1 aromatic heterocycles. The zero-order valence-corrected chi connectivity index (χ0v) is 13.3. The minimum absolute atomic E-state index is 0.135. The van der Waals surface area contributed by atoms with Gasteiger partial charge in [-0.1, -0.05) is 26.7 Å². The van der Waals surface area contributed by atoms with Crippen LogP contribution in [-0.4, -0.2) is 34.9 Å². The second-order valence-corrected chi connectivity index (χ2v) is 5.74. The maximum atomic E-state index is 13.0. The maximum absolute atomic E-state index is 13.0. The Labute approximate surface area is 127 Å². The highest BCUT2D eigenvalue weighted by Crippen LogP contribution is 2.23. The van der Waals surface area contributed by atoms with Gasteiger partial charge in [-0.25, -0.2) is 4.98 Å². The molecule has 0 radical (unpaired) electrons. The number of likely N-dealkylation sites (tertiary alicyclic amines) is 1. The van der Waals surface area contributed by atoms with Gasteiger partial charge in [0.2, 0.25) is 0 Å². The second kappa shape index (κ2) is 8.01. The summed E-state index contributed by atoms with van der Waals surface area (Å²) in [6.45, 7) is 6.00. The van der Waals surface area contributed by atoms with E-state index in [9.17, 15) is 4.79 Å². The summed E-state index contributed by atoms with van der Waals surface area (Å²) in [6.07, 6.45) is 8.49. The molecule has 1 atom stereocenters. The lowest BCUT2D eigenvalue weighted by Gasteiger charge is -2.30. The Morgan fingerprint density at radius 3 is 3.00 bits per heavy atom. The number of anilines is 1. The summed E-state index contributed by atoms with van der Waals surface area (Å²) in [7, 11) is 0. The third-order valence-electron chi connectivity index (χ3n) is 4.19. The number of carbonyl (C=O) groups is 1. The van der Waals surface area contributed by atoms with Crippen molar-refractivity contribution in [1.29, 1.82) is 0 Å². The van der Waals surface area contributed by atoms with Crippen molar-refractivity contribution in [2.24, 2.45) is 0 Å². The molecule has 1 aromatic rings. The van der Waals surface area contributed by atoms with Crippen LogP contribution in [0.3, 0.4) is 0 Å². The predicted octanol–water partition coefficient (Wildman–Crippen LogP) is 3.70. The van der Waals surface area contributed by atoms with Crippen molar-refractivity contribution in [2.75, 3.05) is 18.4 Å². The first kappa shape index (κ1) is 15.8. The minimum atomic E-state index is 0.135. The van der Waals surface area contributed by atoms with Crippen molar-refractivity contribution < 1.29 is 4.79 Å². The Morgan fingerprint density at radius 1 is 1.38 bits per heavy atom. The first-order valence-corrected chi connectivity index (χ1v) is 8.27. The molecule has 0 saturated carbocycles. The maximum Gasteiger partial charge on any atom is 0.257 e. The fourth-order valence-electron chi connectivity index (χ4n) is 2.99. The fourth-order valence-corrected chi connectivity index (χ4v) is 2.99. The van der Waals surface area contributed by atoms with Crippen LogP contribution in [0, 0.1) is 0 Å². The number of nitrogens with zero attached hydrogens (tertiary/aromatic N) is 2. The monoisotopic (exact) mass is 289 g/mol. The summed E-state index contributed by atoms with van der Waals surface area (Å²) in [5, 5.41) is 3.27. The average molecular weight is 289 g/mol. The van der Waals surface area contributed by atoms with E-state index >= 15 is 0 Å². The quantitative estimate of drug-likeness (QED) is 0.899. The van der Waals surface area contributed by atoms with Crippen LogP contribution in [-0.2, 0) is 0 Å². The van der Waals surface area contributed by atoms with Crippen molar-refractivity contribution >= 4 is 11.7 Å². The van der Waals surface area contributed by atoms with Crippen LogP contribution < -0.4 is 5.32 Å². The van der Waals surface area contributed by atoms with Gasteiger partial charge in [-0.15, -0.1) is 0 Å². The number of nitrogens with one attached hydrogen (secondary N) is 1. The number of hydrogen-bond acceptors (Lipinski definition) is 3. The van der Waals surface area contributed by atoms with Crippen LogP contribution in [0.1, 0.15) is 62.7 Å². The zero-order valence-electron chi connectivity index (χ0n) is 13.3. The van der Waals surface area contributed by atoms with Crippen LogP contribution in [0.15, 0.2) is 18.3 Å². The van der Waals surface area contributed by atoms with Gasteiger partial charge in [0.25, 0.3) is 5.91 Å². The van der Waals surface area contributed by atoms with E-state index < -0.39 is 0 Å². The summed E-state index contributed by atoms with van der Waals surface area (Å²) < 4.78 is 0. The SMILES string of the molecule is CCCNc1ncccc1C(=O)N1CCCCCC1CC. The molecule has 116 valence electrons. The number of hydrogen-bond donors (Lipinski definition) is 1. The molecule has 0 bridgehead atoms. The van der Waals surface area contributed by atoms with Gasteiger partial charge in [0.05, 0.1) is 5.56 Å². The van der Waals surface area contributed by atoms with Crippen LogP contribution in [0.5, 0.6) is 0 Å². The fraction of sp³-hybridized carbons (Fsp3) is 0.647. The zero-order chi connectivity index (χ0) is 15.1. The highest BCUT2D eigenvalue weighted by Gasteiger charge is 2.26. The molecular weight excluding hydrogens is 262 g/mol. The van der Waals surface area contributed by atoms with Gasteiger partial charge in [-0.3, -0.25) is 4.79 Å². The van der Waals surface area contributed by atoms with Gasteiger partial charge in [-0.05, 0) is 37.8 Å². The normalized spacial score (nSPS) is 19.1. The van der Waals surface area contributed by atoms with E-state index in [1.807, 2.05) is 12.1 Å². The molecule has 0 aliphatic carbocycles. The molecule has 1 aliphatic heterocycles. The molecule has 1 saturated heterocycles. The molecule has 1 fully saturated rings. The van der Waals surface area contributed by atoms with E-state index in [4.69, 9.17) is 0 Å². The Hall–Kier alpha value is -1.58. The summed E-state index contributed by atoms with van der Waals surface area (Å²) in [5.74, 6) is 0.860. The molecule has 1 unspecified atom stereocenters. The molecule has 2 heterocycles. The molecule has 0 spiro atoms. The number of aromatic nitrogens is 1. The Bertz CT molecular complexity index is 461. The smallest absolute Gasteiger partial charge is 0.257 e. The average Bonchev–Trinajstić information content (AvgIpc) is 2.77. The van der Waals surface area contributed by atoms with Crippen molar-refractivity contribution in [3.63, 3.8) is 0 Å². The summed E-state index contributed by atoms with van der Waals surface area (Å²) in [4.78, 5) is 19.4. The van der Waals surface area contributed by atoms with Gasteiger partial charge in [0.1, 0.15) is 5.82 Å². The first-order valence-electron chi connectivity index (χ1n) is 8.27. The Balaban J connectivity index is 2.21. The standard InChI is InChI=1S/C17H27N3O/c1-3-11-18-16-15(10-8-12-19-16)17(21)20-13-7-5-6-9-14(20)4-2/h8,10,12,14H,3-7,9,11,13H2,1-2H3,(H,18,19). The third kappa shape index (κ3) is 3.96. The largest absolute Gasteiger partial charge is 0.369 e. The lowest BCUT2D eigenvalue weighted by atomic mass is 10.1. The van der Waals surface area contributed by atoms with E-state index in [-0.39, 0.29) is 5.91 Å². The van der Waals surface area contributed by atoms with Crippen molar-refractivity contribution in [2.45, 2.75) is 58.4 Å². The molecule has 1 amide bonds. The summed E-state index contributed by atoms with van der Waals surface area (Å²) >= 11 is 0. The molecule has 0 aromatic carbocycles. The molecule has 2 rings (SSSR count). The highest BCUT2D eigenvalue weighted by atomic mass is 16.2. The Morgan fingerprint density at radius 2 is 2.24 bits per heavy atom. The van der Waals surface area contributed by atoms with Gasteiger partial charge < -0.3 is 10.2 Å². The van der Waals surface area contributed by atoms with Gasteiger partial charge in [0, 0.05) is 25.3 Å². The topological polar surface area (TPSA) is 45.2 Å². The van der Waals surface area contributed by atoms with Crippen molar-refractivity contribution in [3.05, 3.63) is 23.9 Å². The van der Waals surface area contributed by atoms with Gasteiger partial charge in [-0.2, -0.15) is 0 Å². The number of carbonyl (C=O) groups excluding carboxylic acids is 1. The lowest BCUT2D eigenvalue weighted by molar-refractivity contribution is 0.0679. The second-order valence-electron chi connectivity index (χ2n) is 5.74. The lowest BCUT2D eigenvalue weighted by Crippen LogP contribution is -2.40. The van der Waals surface area contributed by atoms with Crippen molar-refractivity contribution in [1.82, 2.24) is 9.88 Å². The first-order chi connectivity index (χ1) is 10.3. The van der Waals surface area contributed by atoms with E-state index in [1.165, 1.54) is 12.8 Å². The predicted molar refractivity (Wildman–Crippen MR) is 86.6 cm³/mol. The summed E-state index contributed by atoms with van der Waals surface area (Å²) in [6, 6.07) is 4.12. The van der Waals surface area contributed by atoms with Crippen LogP contribution in [0.4, 0.5) is 5.82 Å². The van der Waals surface area contributed by atoms with Crippen LogP contribution in [0.2, 0.25) is 0 Å². The minimum Gasteiger partial charge on any atom is -0.369 e. The van der Waals surface area contributed by atoms with E-state index in [1.54, 1.807) is 6.20 Å². The molecule has 1 N–H and O–H groups in total. The molecular formula is C17H27N3O. The Kier molecular flexibility index (Phi) is 6.03. The van der Waals surface area contributed by atoms with E-state index in [0.29, 0.717) is 11.6 Å². The summed E-state index contributed by atoms with van der Waals surface area (Å²) in [5.41, 5.74) is 0.714. The molecule has 4 nitrogen and oxygen atoms in total. The van der Waals surface area contributed by atoms with E-state index in [0.717, 1.165) is 44.6 Å². The van der Waals surface area contributed by atoms with Gasteiger partial charge in [0.15, 0.2) is 0 Å². The number of amides is 1. The van der Waals surface area contributed by atoms with Crippen LogP contribution >= 0.6 is 0 Å². The highest BCUT2D eigenvalue weighted by molar-refractivity contribution is 5.98.